The first kappa shape index (κ1) is 42.1. The molecule has 61 heavy (non-hydrogen) atoms. The molecule has 2 aromatic carbocycles. The molecule has 0 bridgehead atoms. The molecule has 4 amide bonds. The number of amides is 4. The second kappa shape index (κ2) is 17.8. The van der Waals surface area contributed by atoms with E-state index in [4.69, 9.17) is 26.1 Å². The smallest absolute Gasteiger partial charge is 0.328 e. The Bertz CT molecular complexity index is 2360. The summed E-state index contributed by atoms with van der Waals surface area (Å²) < 4.78 is 13.0. The van der Waals surface area contributed by atoms with Crippen LogP contribution < -0.4 is 45.7 Å². The topological polar surface area (TPSA) is 166 Å². The van der Waals surface area contributed by atoms with E-state index in [1.165, 1.54) is 19.9 Å². The van der Waals surface area contributed by atoms with Crippen LogP contribution in [0.3, 0.4) is 0 Å². The molecule has 324 valence electrons. The van der Waals surface area contributed by atoms with Crippen LogP contribution in [0.15, 0.2) is 53.5 Å². The minimum Gasteiger partial charge on any atom is -0.494 e. The summed E-state index contributed by atoms with van der Waals surface area (Å²) in [4.78, 5) is 67.7. The summed E-state index contributed by atoms with van der Waals surface area (Å²) in [5.41, 5.74) is 3.26. The zero-order valence-corrected chi connectivity index (χ0v) is 36.1. The van der Waals surface area contributed by atoms with Crippen LogP contribution in [0.2, 0.25) is 5.02 Å². The Hall–Kier alpha value is -5.61. The third-order valence-electron chi connectivity index (χ3n) is 12.8. The lowest BCUT2D eigenvalue weighted by Gasteiger charge is -2.42. The monoisotopic (exact) mass is 854 g/mol. The van der Waals surface area contributed by atoms with Gasteiger partial charge in [0.25, 0.3) is 11.5 Å². The van der Waals surface area contributed by atoms with Gasteiger partial charge < -0.3 is 39.4 Å². The first-order chi connectivity index (χ1) is 29.4. The number of rotatable bonds is 12. The number of piperidine rings is 2. The van der Waals surface area contributed by atoms with E-state index in [-0.39, 0.29) is 42.2 Å². The summed E-state index contributed by atoms with van der Waals surface area (Å²) in [6.07, 6.45) is 7.54. The number of ether oxygens (including phenoxy) is 2. The number of nitrogens with zero attached hydrogens (tertiary/aromatic N) is 7. The van der Waals surface area contributed by atoms with Crippen LogP contribution in [0.1, 0.15) is 58.4 Å². The highest BCUT2D eigenvalue weighted by molar-refractivity contribution is 6.33. The summed E-state index contributed by atoms with van der Waals surface area (Å²) in [6, 6.07) is 12.8. The zero-order valence-electron chi connectivity index (χ0n) is 35.3. The van der Waals surface area contributed by atoms with E-state index < -0.39 is 6.03 Å². The molecule has 4 fully saturated rings. The van der Waals surface area contributed by atoms with Gasteiger partial charge in [-0.1, -0.05) is 11.6 Å². The maximum atomic E-state index is 13.3. The number of imide groups is 1. The highest BCUT2D eigenvalue weighted by Gasteiger charge is 2.41. The number of anilines is 5. The lowest BCUT2D eigenvalue weighted by atomic mass is 9.77. The number of hydrogen-bond acceptors (Lipinski definition) is 12. The van der Waals surface area contributed by atoms with Gasteiger partial charge in [0.15, 0.2) is 18.2 Å². The van der Waals surface area contributed by atoms with Gasteiger partial charge in [0.2, 0.25) is 11.9 Å². The SMILES string of the molecule is CNC(=O)COc1cc2cc(Nc3nc(N4CCC(CN5CCC6(CC5)CCN(c5ccc(N7CCC(=O)NC7=O)c(OC)c5)C6)CC4)ncc3Cl)ccc2n(C(C)C)c1=O. The van der Waals surface area contributed by atoms with E-state index in [0.717, 1.165) is 87.4 Å². The van der Waals surface area contributed by atoms with Crippen molar-refractivity contribution in [3.05, 3.63) is 64.0 Å². The lowest BCUT2D eigenvalue weighted by molar-refractivity contribution is -0.122. The van der Waals surface area contributed by atoms with E-state index in [2.05, 4.69) is 41.7 Å². The van der Waals surface area contributed by atoms with Crippen LogP contribution in [-0.4, -0.2) is 110 Å². The Morgan fingerprint density at radius 1 is 0.967 bits per heavy atom. The molecule has 1 spiro atoms. The fraction of sp³-hybridized carbons (Fsp3) is 0.500. The van der Waals surface area contributed by atoms with Crippen molar-refractivity contribution in [3.8, 4) is 11.5 Å². The van der Waals surface area contributed by atoms with Crippen molar-refractivity contribution in [1.82, 2.24) is 30.1 Å². The lowest BCUT2D eigenvalue weighted by Crippen LogP contribution is -2.49. The number of urea groups is 1. The molecule has 3 N–H and O–H groups in total. The molecule has 2 aromatic heterocycles. The predicted molar refractivity (Wildman–Crippen MR) is 237 cm³/mol. The molecule has 0 aliphatic carbocycles. The Morgan fingerprint density at radius 3 is 2.46 bits per heavy atom. The fourth-order valence-corrected chi connectivity index (χ4v) is 9.44. The van der Waals surface area contributed by atoms with E-state index in [0.29, 0.717) is 46.1 Å². The summed E-state index contributed by atoms with van der Waals surface area (Å²) >= 11 is 6.62. The molecule has 0 atom stereocenters. The third kappa shape index (κ3) is 9.06. The summed E-state index contributed by atoms with van der Waals surface area (Å²) in [6.45, 7) is 11.0. The highest BCUT2D eigenvalue weighted by atomic mass is 35.5. The first-order valence-corrected chi connectivity index (χ1v) is 21.6. The number of nitrogens with one attached hydrogen (secondary N) is 3. The minimum atomic E-state index is -0.414. The van der Waals surface area contributed by atoms with Crippen LogP contribution in [-0.2, 0) is 9.59 Å². The van der Waals surface area contributed by atoms with Crippen molar-refractivity contribution in [2.75, 3.05) is 93.1 Å². The van der Waals surface area contributed by atoms with Crippen LogP contribution >= 0.6 is 11.6 Å². The van der Waals surface area contributed by atoms with Crippen LogP contribution in [0.25, 0.3) is 10.9 Å². The van der Waals surface area contributed by atoms with Crippen molar-refractivity contribution in [1.29, 1.82) is 0 Å². The van der Waals surface area contributed by atoms with Crippen LogP contribution in [0, 0.1) is 11.3 Å². The van der Waals surface area contributed by atoms with Gasteiger partial charge in [-0.3, -0.25) is 24.6 Å². The van der Waals surface area contributed by atoms with Crippen LogP contribution in [0.5, 0.6) is 11.5 Å². The highest BCUT2D eigenvalue weighted by Crippen LogP contribution is 2.44. The average Bonchev–Trinajstić information content (AvgIpc) is 3.67. The molecule has 4 saturated heterocycles. The number of pyridine rings is 1. The number of aromatic nitrogens is 3. The molecule has 0 radical (unpaired) electrons. The molecule has 17 heteroatoms. The molecular weight excluding hydrogens is 800 g/mol. The van der Waals surface area contributed by atoms with Crippen molar-refractivity contribution >= 4 is 69.2 Å². The number of hydrogen-bond donors (Lipinski definition) is 3. The standard InChI is InChI=1S/C44H55ClN10O6/c1-28(2)55-34-7-5-31(21-30(34)22-37(41(55)58)61-26-39(57)46-3)48-40-33(45)24-47-42(50-40)52-15-9-29(10-16-52)25-51-18-12-44(13-19-51)14-20-53(27-44)32-6-8-35(36(23-32)60-4)54-17-11-38(56)49-43(54)59/h5-8,21-24,28-29H,9-20,25-27H2,1-4H3,(H,46,57)(H,47,48,50)(H,49,56,59). The summed E-state index contributed by atoms with van der Waals surface area (Å²) in [5, 5.41) is 9.44. The number of methoxy groups -OCH3 is 1. The first-order valence-electron chi connectivity index (χ1n) is 21.3. The van der Waals surface area contributed by atoms with Gasteiger partial charge in [0.1, 0.15) is 10.8 Å². The van der Waals surface area contributed by atoms with E-state index >= 15 is 0 Å². The summed E-state index contributed by atoms with van der Waals surface area (Å²) in [7, 11) is 3.14. The maximum absolute atomic E-state index is 13.3. The Labute approximate surface area is 360 Å². The molecule has 6 heterocycles. The normalized spacial score (nSPS) is 18.6. The number of carbonyl (C=O) groups is 3. The largest absolute Gasteiger partial charge is 0.494 e. The number of fused-ring (bicyclic) bond motifs is 1. The van der Waals surface area contributed by atoms with Gasteiger partial charge >= 0.3 is 6.03 Å². The Balaban J connectivity index is 0.841. The van der Waals surface area contributed by atoms with Crippen molar-refractivity contribution in [2.24, 2.45) is 11.3 Å². The predicted octanol–water partition coefficient (Wildman–Crippen LogP) is 5.56. The molecule has 4 aliphatic rings. The number of halogens is 1. The average molecular weight is 855 g/mol. The van der Waals surface area contributed by atoms with Gasteiger partial charge in [-0.15, -0.1) is 0 Å². The Morgan fingerprint density at radius 2 is 1.74 bits per heavy atom. The molecule has 0 unspecified atom stereocenters. The van der Waals surface area contributed by atoms with Crippen molar-refractivity contribution in [2.45, 2.75) is 58.4 Å². The molecule has 16 nitrogen and oxygen atoms in total. The quantitative estimate of drug-likeness (QED) is 0.163. The van der Waals surface area contributed by atoms with Crippen molar-refractivity contribution in [3.63, 3.8) is 0 Å². The molecule has 4 aliphatic heterocycles. The third-order valence-corrected chi connectivity index (χ3v) is 13.1. The summed E-state index contributed by atoms with van der Waals surface area (Å²) in [5.74, 6) is 1.89. The Kier molecular flexibility index (Phi) is 12.3. The second-order valence-corrected chi connectivity index (χ2v) is 17.4. The van der Waals surface area contributed by atoms with Gasteiger partial charge in [-0.2, -0.15) is 4.98 Å². The molecule has 4 aromatic rings. The van der Waals surface area contributed by atoms with Gasteiger partial charge in [0, 0.05) is 81.6 Å². The van der Waals surface area contributed by atoms with Crippen molar-refractivity contribution < 1.29 is 23.9 Å². The second-order valence-electron chi connectivity index (χ2n) is 17.0. The van der Waals surface area contributed by atoms with Gasteiger partial charge in [-0.05, 0) is 107 Å². The van der Waals surface area contributed by atoms with Gasteiger partial charge in [0.05, 0.1) is 24.5 Å². The van der Waals surface area contributed by atoms with Gasteiger partial charge in [-0.25, -0.2) is 9.78 Å². The zero-order chi connectivity index (χ0) is 42.8. The number of carbonyl (C=O) groups excluding carboxylic acids is 3. The van der Waals surface area contributed by atoms with E-state index in [1.54, 1.807) is 28.8 Å². The minimum absolute atomic E-state index is 0.104. The van der Waals surface area contributed by atoms with E-state index in [1.807, 2.05) is 44.2 Å². The molecule has 0 saturated carbocycles. The van der Waals surface area contributed by atoms with E-state index in [9.17, 15) is 19.2 Å². The number of likely N-dealkylation sites (N-methyl/N-ethyl adjacent to an activating group) is 1. The molecule has 8 rings (SSSR count). The fourth-order valence-electron chi connectivity index (χ4n) is 9.30. The number of likely N-dealkylation sites (tertiary alicyclic amines) is 1. The van der Waals surface area contributed by atoms with Crippen LogP contribution in [0.4, 0.5) is 33.6 Å². The molecular formula is C44H55ClN10O6. The number of benzene rings is 2. The maximum Gasteiger partial charge on any atom is 0.328 e.